The topological polar surface area (TPSA) is 72.8 Å². The van der Waals surface area contributed by atoms with E-state index in [4.69, 9.17) is 9.47 Å². The highest BCUT2D eigenvalue weighted by molar-refractivity contribution is 5.70. The third kappa shape index (κ3) is 33.3. The van der Waals surface area contributed by atoms with Gasteiger partial charge in [-0.2, -0.15) is 0 Å². The average Bonchev–Trinajstić information content (AvgIpc) is 3.02. The molecule has 0 aliphatic heterocycles. The van der Waals surface area contributed by atoms with Crippen LogP contribution in [0.3, 0.4) is 0 Å². The molecule has 0 aliphatic rings. The van der Waals surface area contributed by atoms with Gasteiger partial charge in [0.15, 0.2) is 6.10 Å². The predicted molar refractivity (Wildman–Crippen MR) is 187 cm³/mol. The fraction of sp³-hybridized carbons (Fsp3) is 0.846. The first-order valence-electron chi connectivity index (χ1n) is 18.9. The van der Waals surface area contributed by atoms with Crippen molar-refractivity contribution in [3.63, 3.8) is 0 Å². The van der Waals surface area contributed by atoms with Crippen molar-refractivity contribution in [1.29, 1.82) is 0 Å². The van der Waals surface area contributed by atoms with E-state index < -0.39 is 6.10 Å². The number of unbranched alkanes of at least 4 members (excludes halogenated alkanes) is 22. The number of carbonyl (C=O) groups is 2. The number of hydrogen-bond donors (Lipinski definition) is 1. The van der Waals surface area contributed by atoms with Crippen LogP contribution >= 0.6 is 0 Å². The Hall–Kier alpha value is -1.62. The lowest BCUT2D eigenvalue weighted by Gasteiger charge is -2.15. The fourth-order valence-electron chi connectivity index (χ4n) is 5.35. The summed E-state index contributed by atoms with van der Waals surface area (Å²) in [6.45, 7) is 4.11. The second-order valence-electron chi connectivity index (χ2n) is 12.7. The van der Waals surface area contributed by atoms with Crippen molar-refractivity contribution in [2.24, 2.45) is 0 Å². The Balaban J connectivity index is 3.55. The summed E-state index contributed by atoms with van der Waals surface area (Å²) in [7, 11) is 0. The van der Waals surface area contributed by atoms with E-state index in [1.807, 2.05) is 0 Å². The quantitative estimate of drug-likeness (QED) is 0.0440. The number of aliphatic hydroxyl groups is 1. The van der Waals surface area contributed by atoms with Crippen molar-refractivity contribution in [1.82, 2.24) is 0 Å². The number of esters is 2. The van der Waals surface area contributed by atoms with Crippen LogP contribution in [0.2, 0.25) is 0 Å². The lowest BCUT2D eigenvalue weighted by Crippen LogP contribution is -2.28. The van der Waals surface area contributed by atoms with Gasteiger partial charge in [0.05, 0.1) is 6.61 Å². The molecule has 5 nitrogen and oxygen atoms in total. The summed E-state index contributed by atoms with van der Waals surface area (Å²) in [5, 5.41) is 9.53. The maximum Gasteiger partial charge on any atom is 0.306 e. The summed E-state index contributed by atoms with van der Waals surface area (Å²) >= 11 is 0. The Morgan fingerprint density at radius 1 is 0.523 bits per heavy atom. The van der Waals surface area contributed by atoms with Gasteiger partial charge in [-0.05, 0) is 44.9 Å². The molecule has 1 atom stereocenters. The Morgan fingerprint density at radius 3 is 1.39 bits per heavy atom. The Labute approximate surface area is 273 Å². The molecule has 0 rings (SSSR count). The van der Waals surface area contributed by atoms with Crippen LogP contribution in [0.4, 0.5) is 0 Å². The molecule has 0 bridgehead atoms. The van der Waals surface area contributed by atoms with Crippen molar-refractivity contribution < 1.29 is 24.2 Å². The van der Waals surface area contributed by atoms with E-state index in [1.165, 1.54) is 122 Å². The Kier molecular flexibility index (Phi) is 34.5. The van der Waals surface area contributed by atoms with Crippen LogP contribution < -0.4 is 0 Å². The van der Waals surface area contributed by atoms with E-state index in [-0.39, 0.29) is 25.2 Å². The molecule has 0 heterocycles. The van der Waals surface area contributed by atoms with E-state index in [1.54, 1.807) is 0 Å². The van der Waals surface area contributed by atoms with Crippen molar-refractivity contribution in [2.45, 2.75) is 200 Å². The summed E-state index contributed by atoms with van der Waals surface area (Å²) in [6.07, 6.45) is 40.9. The van der Waals surface area contributed by atoms with Crippen LogP contribution in [-0.2, 0) is 19.1 Å². The molecule has 0 aromatic rings. The van der Waals surface area contributed by atoms with Crippen molar-refractivity contribution in [3.8, 4) is 0 Å². The summed E-state index contributed by atoms with van der Waals surface area (Å²) in [4.78, 5) is 24.2. The maximum absolute atomic E-state index is 12.1. The van der Waals surface area contributed by atoms with Gasteiger partial charge in [0, 0.05) is 12.8 Å². The van der Waals surface area contributed by atoms with E-state index in [0.29, 0.717) is 12.8 Å². The zero-order valence-corrected chi connectivity index (χ0v) is 29.2. The van der Waals surface area contributed by atoms with Gasteiger partial charge in [-0.3, -0.25) is 9.59 Å². The molecule has 0 aliphatic carbocycles. The SMILES string of the molecule is CCCCCC=CCC=CCCCCCCCCCC(=O)OC[C@H](CO)OC(=O)CCCCCCCCCCCCCCC. The standard InChI is InChI=1S/C39H72O5/c1-3-5-7-9-11-13-15-17-18-19-20-22-23-25-27-29-31-33-38(41)43-36-37(35-40)44-39(42)34-32-30-28-26-24-21-16-14-12-10-8-6-4-2/h11,13,17-18,37,40H,3-10,12,14-16,19-36H2,1-2H3/t37-/m0/s1. The van der Waals surface area contributed by atoms with Gasteiger partial charge in [-0.25, -0.2) is 0 Å². The normalized spacial score (nSPS) is 12.3. The number of ether oxygens (including phenoxy) is 2. The molecular formula is C39H72O5. The molecule has 258 valence electrons. The molecule has 44 heavy (non-hydrogen) atoms. The summed E-state index contributed by atoms with van der Waals surface area (Å²) in [5.74, 6) is -0.594. The molecular weight excluding hydrogens is 548 g/mol. The molecule has 5 heteroatoms. The first kappa shape index (κ1) is 42.4. The van der Waals surface area contributed by atoms with Crippen LogP contribution in [0.25, 0.3) is 0 Å². The van der Waals surface area contributed by atoms with E-state index in [2.05, 4.69) is 38.2 Å². The molecule has 0 radical (unpaired) electrons. The second kappa shape index (κ2) is 35.9. The van der Waals surface area contributed by atoms with Crippen LogP contribution in [-0.4, -0.2) is 36.4 Å². The van der Waals surface area contributed by atoms with Gasteiger partial charge >= 0.3 is 11.9 Å². The van der Waals surface area contributed by atoms with Gasteiger partial charge in [-0.15, -0.1) is 0 Å². The van der Waals surface area contributed by atoms with Crippen LogP contribution in [0.1, 0.15) is 194 Å². The minimum absolute atomic E-state index is 0.0661. The fourth-order valence-corrected chi connectivity index (χ4v) is 5.35. The molecule has 0 saturated carbocycles. The third-order valence-corrected chi connectivity index (χ3v) is 8.25. The van der Waals surface area contributed by atoms with Crippen molar-refractivity contribution in [3.05, 3.63) is 24.3 Å². The summed E-state index contributed by atoms with van der Waals surface area (Å²) < 4.78 is 10.6. The van der Waals surface area contributed by atoms with Crippen molar-refractivity contribution >= 4 is 11.9 Å². The molecule has 0 spiro atoms. The highest BCUT2D eigenvalue weighted by Crippen LogP contribution is 2.14. The smallest absolute Gasteiger partial charge is 0.306 e. The first-order chi connectivity index (χ1) is 21.6. The lowest BCUT2D eigenvalue weighted by atomic mass is 10.0. The molecule has 1 N–H and O–H groups in total. The minimum Gasteiger partial charge on any atom is -0.462 e. The highest BCUT2D eigenvalue weighted by Gasteiger charge is 2.16. The Morgan fingerprint density at radius 2 is 0.909 bits per heavy atom. The number of hydrogen-bond acceptors (Lipinski definition) is 5. The number of aliphatic hydroxyl groups excluding tert-OH is 1. The molecule has 0 unspecified atom stereocenters. The monoisotopic (exact) mass is 621 g/mol. The summed E-state index contributed by atoms with van der Waals surface area (Å²) in [5.41, 5.74) is 0. The van der Waals surface area contributed by atoms with Crippen molar-refractivity contribution in [2.75, 3.05) is 13.2 Å². The van der Waals surface area contributed by atoms with E-state index >= 15 is 0 Å². The summed E-state index contributed by atoms with van der Waals surface area (Å²) in [6, 6.07) is 0. The van der Waals surface area contributed by atoms with Gasteiger partial charge in [0.25, 0.3) is 0 Å². The van der Waals surface area contributed by atoms with E-state index in [9.17, 15) is 14.7 Å². The second-order valence-corrected chi connectivity index (χ2v) is 12.7. The zero-order valence-electron chi connectivity index (χ0n) is 29.2. The Bertz CT molecular complexity index is 671. The molecule has 0 fully saturated rings. The van der Waals surface area contributed by atoms with Gasteiger partial charge in [0.1, 0.15) is 6.61 Å². The molecule has 0 amide bonds. The predicted octanol–water partition coefficient (Wildman–Crippen LogP) is 11.5. The zero-order chi connectivity index (χ0) is 32.2. The molecule has 0 aromatic heterocycles. The maximum atomic E-state index is 12.1. The van der Waals surface area contributed by atoms with E-state index in [0.717, 1.165) is 44.9 Å². The number of allylic oxidation sites excluding steroid dienone is 4. The number of carbonyl (C=O) groups excluding carboxylic acids is 2. The largest absolute Gasteiger partial charge is 0.462 e. The van der Waals surface area contributed by atoms with Gasteiger partial charge in [0.2, 0.25) is 0 Å². The van der Waals surface area contributed by atoms with Gasteiger partial charge < -0.3 is 14.6 Å². The van der Waals surface area contributed by atoms with Gasteiger partial charge in [-0.1, -0.05) is 160 Å². The number of rotatable bonds is 34. The minimum atomic E-state index is -0.768. The highest BCUT2D eigenvalue weighted by atomic mass is 16.6. The van der Waals surface area contributed by atoms with Crippen LogP contribution in [0.15, 0.2) is 24.3 Å². The first-order valence-corrected chi connectivity index (χ1v) is 18.9. The average molecular weight is 621 g/mol. The third-order valence-electron chi connectivity index (χ3n) is 8.25. The van der Waals surface area contributed by atoms with Crippen LogP contribution in [0.5, 0.6) is 0 Å². The molecule has 0 aromatic carbocycles. The lowest BCUT2D eigenvalue weighted by molar-refractivity contribution is -0.161. The molecule has 0 saturated heterocycles. The van der Waals surface area contributed by atoms with Crippen LogP contribution in [0, 0.1) is 0 Å².